The Bertz CT molecular complexity index is 1260. The fraction of sp³-hybridized carbons (Fsp3) is 0.0526. The fourth-order valence-corrected chi connectivity index (χ4v) is 2.76. The number of nitrogens with zero attached hydrogens (tertiary/aromatic N) is 6. The van der Waals surface area contributed by atoms with Gasteiger partial charge in [-0.3, -0.25) is 4.98 Å². The SMILES string of the molecule is CC(=O)On1c(-c2cccnc2N)nc2ccc(-c3ncccc3C#N)nc21. The minimum absolute atomic E-state index is 0.239. The number of anilines is 1. The third-order valence-corrected chi connectivity index (χ3v) is 3.94. The Morgan fingerprint density at radius 1 is 1.14 bits per heavy atom. The van der Waals surface area contributed by atoms with Crippen LogP contribution in [0.3, 0.4) is 0 Å². The van der Waals surface area contributed by atoms with Gasteiger partial charge in [0.25, 0.3) is 0 Å². The van der Waals surface area contributed by atoms with Crippen molar-refractivity contribution >= 4 is 23.0 Å². The number of nitrogen functional groups attached to an aromatic ring is 1. The molecule has 9 heteroatoms. The number of carbonyl (C=O) groups is 1. The maximum absolute atomic E-state index is 11.7. The Morgan fingerprint density at radius 3 is 2.68 bits per heavy atom. The van der Waals surface area contributed by atoms with Crippen LogP contribution >= 0.6 is 0 Å². The highest BCUT2D eigenvalue weighted by Crippen LogP contribution is 2.28. The predicted molar refractivity (Wildman–Crippen MR) is 100 cm³/mol. The summed E-state index contributed by atoms with van der Waals surface area (Å²) in [5.41, 5.74) is 8.48. The number of rotatable bonds is 3. The molecule has 4 rings (SSSR count). The molecular formula is C19H13N7O2. The molecule has 0 amide bonds. The van der Waals surface area contributed by atoms with E-state index in [2.05, 4.69) is 26.0 Å². The first-order valence-corrected chi connectivity index (χ1v) is 8.23. The number of hydrogen-bond donors (Lipinski definition) is 1. The summed E-state index contributed by atoms with van der Waals surface area (Å²) in [6.45, 7) is 1.28. The zero-order valence-corrected chi connectivity index (χ0v) is 14.7. The van der Waals surface area contributed by atoms with E-state index in [4.69, 9.17) is 10.6 Å². The van der Waals surface area contributed by atoms with E-state index in [9.17, 15) is 10.1 Å². The van der Waals surface area contributed by atoms with Crippen LogP contribution in [0.1, 0.15) is 12.5 Å². The number of fused-ring (bicyclic) bond motifs is 1. The van der Waals surface area contributed by atoms with Crippen LogP contribution < -0.4 is 10.6 Å². The highest BCUT2D eigenvalue weighted by atomic mass is 16.7. The van der Waals surface area contributed by atoms with Crippen LogP contribution in [0.25, 0.3) is 33.9 Å². The lowest BCUT2D eigenvalue weighted by Crippen LogP contribution is -2.18. The summed E-state index contributed by atoms with van der Waals surface area (Å²) in [5, 5.41) is 9.32. The number of aromatic nitrogens is 5. The van der Waals surface area contributed by atoms with Gasteiger partial charge < -0.3 is 10.6 Å². The van der Waals surface area contributed by atoms with Crippen molar-refractivity contribution in [3.05, 3.63) is 54.4 Å². The Labute approximate surface area is 159 Å². The molecule has 2 N–H and O–H groups in total. The van der Waals surface area contributed by atoms with E-state index >= 15 is 0 Å². The van der Waals surface area contributed by atoms with E-state index < -0.39 is 5.97 Å². The molecule has 0 aliphatic rings. The fourth-order valence-electron chi connectivity index (χ4n) is 2.76. The number of carbonyl (C=O) groups excluding carboxylic acids is 1. The second-order valence-electron chi connectivity index (χ2n) is 5.80. The van der Waals surface area contributed by atoms with Gasteiger partial charge in [0.1, 0.15) is 23.1 Å². The molecule has 136 valence electrons. The van der Waals surface area contributed by atoms with E-state index in [1.807, 2.05) is 0 Å². The maximum atomic E-state index is 11.7. The van der Waals surface area contributed by atoms with Crippen LogP contribution in [0.4, 0.5) is 5.82 Å². The Hall–Kier alpha value is -4.32. The van der Waals surface area contributed by atoms with Gasteiger partial charge in [0, 0.05) is 19.3 Å². The Balaban J connectivity index is 1.97. The molecule has 0 saturated heterocycles. The van der Waals surface area contributed by atoms with Crippen molar-refractivity contribution in [3.63, 3.8) is 0 Å². The average Bonchev–Trinajstić information content (AvgIpc) is 3.05. The number of imidazole rings is 1. The molecule has 0 spiro atoms. The van der Waals surface area contributed by atoms with E-state index in [-0.39, 0.29) is 5.82 Å². The maximum Gasteiger partial charge on any atom is 0.330 e. The number of hydrogen-bond acceptors (Lipinski definition) is 8. The average molecular weight is 371 g/mol. The molecule has 0 unspecified atom stereocenters. The minimum atomic E-state index is -0.550. The largest absolute Gasteiger partial charge is 0.383 e. The van der Waals surface area contributed by atoms with E-state index in [0.717, 1.165) is 0 Å². The molecule has 0 saturated carbocycles. The molecule has 4 aromatic heterocycles. The molecule has 0 fully saturated rings. The van der Waals surface area contributed by atoms with E-state index in [0.29, 0.717) is 39.5 Å². The number of nitrogens with two attached hydrogens (primary N) is 1. The van der Waals surface area contributed by atoms with Gasteiger partial charge in [0.05, 0.1) is 16.8 Å². The first kappa shape index (κ1) is 17.1. The van der Waals surface area contributed by atoms with Gasteiger partial charge in [-0.2, -0.15) is 5.26 Å². The summed E-state index contributed by atoms with van der Waals surface area (Å²) in [7, 11) is 0. The van der Waals surface area contributed by atoms with Crippen molar-refractivity contribution in [1.82, 2.24) is 24.7 Å². The topological polar surface area (TPSA) is 133 Å². The first-order chi connectivity index (χ1) is 13.6. The zero-order chi connectivity index (χ0) is 19.7. The smallest absolute Gasteiger partial charge is 0.330 e. The van der Waals surface area contributed by atoms with Crippen LogP contribution in [0.2, 0.25) is 0 Å². The van der Waals surface area contributed by atoms with Crippen molar-refractivity contribution in [2.75, 3.05) is 5.73 Å². The van der Waals surface area contributed by atoms with Crippen LogP contribution in [-0.4, -0.2) is 30.6 Å². The van der Waals surface area contributed by atoms with Crippen molar-refractivity contribution < 1.29 is 9.63 Å². The van der Waals surface area contributed by atoms with Gasteiger partial charge in [-0.05, 0) is 36.4 Å². The van der Waals surface area contributed by atoms with Crippen LogP contribution in [0, 0.1) is 11.3 Å². The zero-order valence-electron chi connectivity index (χ0n) is 14.7. The van der Waals surface area contributed by atoms with E-state index in [1.54, 1.807) is 48.8 Å². The first-order valence-electron chi connectivity index (χ1n) is 8.23. The predicted octanol–water partition coefficient (Wildman–Crippen LogP) is 1.98. The molecule has 0 aliphatic heterocycles. The minimum Gasteiger partial charge on any atom is -0.383 e. The van der Waals surface area contributed by atoms with Crippen LogP contribution in [-0.2, 0) is 4.79 Å². The molecule has 4 aromatic rings. The monoisotopic (exact) mass is 371 g/mol. The standard InChI is InChI=1S/C19H13N7O2/c1-11(27)28-26-18(13-5-3-9-23-17(13)21)25-15-7-6-14(24-19(15)26)16-12(10-20)4-2-8-22-16/h2-9H,1H3,(H2,21,23). The highest BCUT2D eigenvalue weighted by Gasteiger charge is 2.20. The lowest BCUT2D eigenvalue weighted by Gasteiger charge is -2.08. The summed E-state index contributed by atoms with van der Waals surface area (Å²) >= 11 is 0. The molecular weight excluding hydrogens is 358 g/mol. The molecule has 0 atom stereocenters. The summed E-state index contributed by atoms with van der Waals surface area (Å²) in [6.07, 6.45) is 3.13. The lowest BCUT2D eigenvalue weighted by molar-refractivity contribution is -0.140. The lowest BCUT2D eigenvalue weighted by atomic mass is 10.1. The molecule has 0 aliphatic carbocycles. The van der Waals surface area contributed by atoms with Crippen molar-refractivity contribution in [3.8, 4) is 28.8 Å². The van der Waals surface area contributed by atoms with Crippen LogP contribution in [0.15, 0.2) is 48.8 Å². The van der Waals surface area contributed by atoms with Gasteiger partial charge in [-0.1, -0.05) is 0 Å². The Morgan fingerprint density at radius 2 is 1.93 bits per heavy atom. The molecule has 28 heavy (non-hydrogen) atoms. The second-order valence-corrected chi connectivity index (χ2v) is 5.80. The van der Waals surface area contributed by atoms with Crippen molar-refractivity contribution in [2.24, 2.45) is 0 Å². The van der Waals surface area contributed by atoms with Gasteiger partial charge >= 0.3 is 5.97 Å². The third-order valence-electron chi connectivity index (χ3n) is 3.94. The molecule has 0 aromatic carbocycles. The molecule has 0 radical (unpaired) electrons. The summed E-state index contributed by atoms with van der Waals surface area (Å²) in [6, 6.07) is 12.3. The second kappa shape index (κ2) is 6.77. The molecule has 9 nitrogen and oxygen atoms in total. The summed E-state index contributed by atoms with van der Waals surface area (Å²) in [4.78, 5) is 34.3. The van der Waals surface area contributed by atoms with Gasteiger partial charge in [-0.15, -0.1) is 4.73 Å². The number of nitriles is 1. The van der Waals surface area contributed by atoms with Crippen molar-refractivity contribution in [2.45, 2.75) is 6.92 Å². The summed E-state index contributed by atoms with van der Waals surface area (Å²) < 4.78 is 1.21. The van der Waals surface area contributed by atoms with Gasteiger partial charge in [0.2, 0.25) is 0 Å². The molecule has 0 bridgehead atoms. The van der Waals surface area contributed by atoms with Gasteiger partial charge in [0.15, 0.2) is 11.5 Å². The van der Waals surface area contributed by atoms with E-state index in [1.165, 1.54) is 11.7 Å². The highest BCUT2D eigenvalue weighted by molar-refractivity contribution is 5.83. The third kappa shape index (κ3) is 2.89. The quantitative estimate of drug-likeness (QED) is 0.578. The van der Waals surface area contributed by atoms with Crippen molar-refractivity contribution in [1.29, 1.82) is 5.26 Å². The van der Waals surface area contributed by atoms with Gasteiger partial charge in [-0.25, -0.2) is 19.7 Å². The Kier molecular flexibility index (Phi) is 4.14. The number of pyridine rings is 3. The molecule has 4 heterocycles. The van der Waals surface area contributed by atoms with Crippen LogP contribution in [0.5, 0.6) is 0 Å². The normalized spacial score (nSPS) is 10.6. The summed E-state index contributed by atoms with van der Waals surface area (Å²) in [5.74, 6) is -0.0179.